The van der Waals surface area contributed by atoms with E-state index in [1.165, 1.54) is 5.01 Å². The van der Waals surface area contributed by atoms with E-state index in [-0.39, 0.29) is 24.3 Å². The van der Waals surface area contributed by atoms with Gasteiger partial charge in [-0.15, -0.1) is 0 Å². The van der Waals surface area contributed by atoms with Crippen LogP contribution in [0.5, 0.6) is 11.5 Å². The highest BCUT2D eigenvalue weighted by atomic mass is 35.5. The van der Waals surface area contributed by atoms with E-state index in [2.05, 4.69) is 6.08 Å². The van der Waals surface area contributed by atoms with Crippen LogP contribution in [0.2, 0.25) is 10.0 Å². The first-order valence-electron chi connectivity index (χ1n) is 12.7. The Hall–Kier alpha value is -3.81. The van der Waals surface area contributed by atoms with Gasteiger partial charge in [0.15, 0.2) is 18.1 Å². The van der Waals surface area contributed by atoms with Crippen molar-refractivity contribution >= 4 is 46.9 Å². The molecule has 1 amide bonds. The molecule has 6 rings (SSSR count). The van der Waals surface area contributed by atoms with Crippen molar-refractivity contribution in [2.75, 3.05) is 13.4 Å². The molecule has 0 bridgehead atoms. The third kappa shape index (κ3) is 5.24. The van der Waals surface area contributed by atoms with Gasteiger partial charge in [0.05, 0.1) is 17.3 Å². The molecular formula is C30H24Cl2N2O5. The summed E-state index contributed by atoms with van der Waals surface area (Å²) >= 11 is 12.2. The van der Waals surface area contributed by atoms with Crippen molar-refractivity contribution in [3.8, 4) is 11.5 Å². The molecule has 9 heteroatoms. The largest absolute Gasteiger partial charge is 0.454 e. The summed E-state index contributed by atoms with van der Waals surface area (Å²) in [4.78, 5) is 26.2. The Bertz CT molecular complexity index is 1480. The van der Waals surface area contributed by atoms with Gasteiger partial charge in [-0.2, -0.15) is 5.10 Å². The molecule has 3 aromatic carbocycles. The number of hydrazone groups is 1. The molecule has 3 aromatic rings. The van der Waals surface area contributed by atoms with Crippen LogP contribution in [-0.2, 0) is 9.53 Å². The molecule has 0 spiro atoms. The van der Waals surface area contributed by atoms with Crippen molar-refractivity contribution in [3.05, 3.63) is 99.0 Å². The smallest absolute Gasteiger partial charge is 0.338 e. The third-order valence-corrected chi connectivity index (χ3v) is 7.62. The summed E-state index contributed by atoms with van der Waals surface area (Å²) in [6.45, 7) is -0.347. The highest BCUT2D eigenvalue weighted by molar-refractivity contribution is 6.30. The molecule has 2 heterocycles. The van der Waals surface area contributed by atoms with Crippen LogP contribution in [0.3, 0.4) is 0 Å². The summed E-state index contributed by atoms with van der Waals surface area (Å²) in [7, 11) is 0. The predicted molar refractivity (Wildman–Crippen MR) is 148 cm³/mol. The zero-order valence-electron chi connectivity index (χ0n) is 20.8. The van der Waals surface area contributed by atoms with Crippen LogP contribution < -0.4 is 9.47 Å². The van der Waals surface area contributed by atoms with Crippen LogP contribution >= 0.6 is 23.2 Å². The number of amides is 1. The molecule has 3 aliphatic rings. The number of halogens is 2. The molecule has 39 heavy (non-hydrogen) atoms. The molecular weight excluding hydrogens is 539 g/mol. The van der Waals surface area contributed by atoms with E-state index in [1.54, 1.807) is 18.2 Å². The Labute approximate surface area is 235 Å². The molecule has 198 valence electrons. The molecule has 7 nitrogen and oxygen atoms in total. The number of esters is 1. The summed E-state index contributed by atoms with van der Waals surface area (Å²) in [5.41, 5.74) is 4.18. The number of allylic oxidation sites excluding steroid dienone is 1. The number of fused-ring (bicyclic) bond motifs is 2. The fraction of sp³-hybridized carbons (Fsp3) is 0.233. The lowest BCUT2D eigenvalue weighted by atomic mass is 9.77. The molecule has 0 aromatic heterocycles. The number of carbonyl (C=O) groups excluding carboxylic acids is 2. The van der Waals surface area contributed by atoms with Crippen molar-refractivity contribution in [1.82, 2.24) is 5.01 Å². The minimum absolute atomic E-state index is 0.00647. The average molecular weight is 563 g/mol. The maximum atomic E-state index is 13.5. The fourth-order valence-corrected chi connectivity index (χ4v) is 5.51. The molecule has 1 aliphatic carbocycles. The van der Waals surface area contributed by atoms with Gasteiger partial charge in [0, 0.05) is 16.0 Å². The number of nitrogens with zero attached hydrogens (tertiary/aromatic N) is 2. The van der Waals surface area contributed by atoms with Gasteiger partial charge in [0.1, 0.15) is 0 Å². The van der Waals surface area contributed by atoms with E-state index in [0.717, 1.165) is 41.7 Å². The lowest BCUT2D eigenvalue weighted by Crippen LogP contribution is -2.34. The number of hydrogen-bond acceptors (Lipinski definition) is 6. The number of benzene rings is 3. The SMILES string of the molecule is O=C(OCC(=O)N1N=C2C(=Cc3ccc(Cl)cc3)CCCC2C1c1ccc(Cl)cc1)c1ccc2c(c1)OCO2. The number of rotatable bonds is 5. The van der Waals surface area contributed by atoms with Gasteiger partial charge in [-0.1, -0.05) is 47.5 Å². The van der Waals surface area contributed by atoms with E-state index in [4.69, 9.17) is 42.5 Å². The van der Waals surface area contributed by atoms with Gasteiger partial charge in [-0.3, -0.25) is 4.79 Å². The second kappa shape index (κ2) is 10.8. The lowest BCUT2D eigenvalue weighted by Gasteiger charge is -2.29. The third-order valence-electron chi connectivity index (χ3n) is 7.11. The molecule has 2 unspecified atom stereocenters. The zero-order chi connectivity index (χ0) is 26.9. The Morgan fingerprint density at radius 3 is 2.46 bits per heavy atom. The zero-order valence-corrected chi connectivity index (χ0v) is 22.3. The first-order chi connectivity index (χ1) is 19.0. The van der Waals surface area contributed by atoms with Crippen LogP contribution in [-0.4, -0.2) is 36.0 Å². The van der Waals surface area contributed by atoms with Crippen LogP contribution in [0.15, 0.2) is 77.4 Å². The van der Waals surface area contributed by atoms with Gasteiger partial charge in [0.25, 0.3) is 5.91 Å². The number of carbonyl (C=O) groups is 2. The van der Waals surface area contributed by atoms with E-state index in [9.17, 15) is 9.59 Å². The van der Waals surface area contributed by atoms with Crippen molar-refractivity contribution in [2.24, 2.45) is 11.0 Å². The van der Waals surface area contributed by atoms with Crippen molar-refractivity contribution in [1.29, 1.82) is 0 Å². The Morgan fingerprint density at radius 2 is 1.69 bits per heavy atom. The summed E-state index contributed by atoms with van der Waals surface area (Å²) < 4.78 is 16.0. The minimum atomic E-state index is -0.628. The van der Waals surface area contributed by atoms with E-state index in [0.29, 0.717) is 21.5 Å². The fourth-order valence-electron chi connectivity index (χ4n) is 5.26. The van der Waals surface area contributed by atoms with Crippen LogP contribution in [0, 0.1) is 5.92 Å². The van der Waals surface area contributed by atoms with Crippen LogP contribution in [0.25, 0.3) is 6.08 Å². The Balaban J connectivity index is 1.26. The quantitative estimate of drug-likeness (QED) is 0.323. The predicted octanol–water partition coefficient (Wildman–Crippen LogP) is 6.70. The summed E-state index contributed by atoms with van der Waals surface area (Å²) in [5, 5.41) is 7.58. The van der Waals surface area contributed by atoms with Crippen molar-refractivity contribution in [2.45, 2.75) is 25.3 Å². The van der Waals surface area contributed by atoms with E-state index < -0.39 is 18.5 Å². The Morgan fingerprint density at radius 1 is 0.974 bits per heavy atom. The summed E-state index contributed by atoms with van der Waals surface area (Å²) in [5.74, 6) is 0.000968. The van der Waals surface area contributed by atoms with Crippen molar-refractivity contribution < 1.29 is 23.8 Å². The topological polar surface area (TPSA) is 77.4 Å². The molecule has 2 aliphatic heterocycles. The van der Waals surface area contributed by atoms with Crippen molar-refractivity contribution in [3.63, 3.8) is 0 Å². The molecule has 0 N–H and O–H groups in total. The summed E-state index contributed by atoms with van der Waals surface area (Å²) in [6, 6.07) is 19.5. The monoisotopic (exact) mass is 562 g/mol. The maximum absolute atomic E-state index is 13.5. The highest BCUT2D eigenvalue weighted by Crippen LogP contribution is 2.44. The molecule has 2 atom stereocenters. The van der Waals surface area contributed by atoms with Crippen LogP contribution in [0.1, 0.15) is 46.8 Å². The average Bonchev–Trinajstić information content (AvgIpc) is 3.58. The second-order valence-corrected chi connectivity index (χ2v) is 10.5. The minimum Gasteiger partial charge on any atom is -0.454 e. The standard InChI is InChI=1S/C30H24Cl2N2O5/c31-22-9-4-18(5-10-22)14-20-2-1-3-24-28(20)33-34(29(24)19-6-11-23(32)12-7-19)27(35)16-37-30(36)21-8-13-25-26(15-21)39-17-38-25/h4-15,24,29H,1-3,16-17H2. The van der Waals surface area contributed by atoms with E-state index >= 15 is 0 Å². The van der Waals surface area contributed by atoms with E-state index in [1.807, 2.05) is 48.5 Å². The molecule has 1 fully saturated rings. The first-order valence-corrected chi connectivity index (χ1v) is 13.4. The van der Waals surface area contributed by atoms with Crippen LogP contribution in [0.4, 0.5) is 0 Å². The van der Waals surface area contributed by atoms with Gasteiger partial charge in [0.2, 0.25) is 6.79 Å². The van der Waals surface area contributed by atoms with Gasteiger partial charge < -0.3 is 14.2 Å². The molecule has 0 radical (unpaired) electrons. The number of ether oxygens (including phenoxy) is 3. The normalized spacial score (nSPS) is 20.5. The lowest BCUT2D eigenvalue weighted by molar-refractivity contribution is -0.137. The number of hydrogen-bond donors (Lipinski definition) is 0. The molecule has 0 saturated heterocycles. The highest BCUT2D eigenvalue weighted by Gasteiger charge is 2.43. The van der Waals surface area contributed by atoms with Gasteiger partial charge >= 0.3 is 5.97 Å². The van der Waals surface area contributed by atoms with Gasteiger partial charge in [-0.25, -0.2) is 9.80 Å². The second-order valence-electron chi connectivity index (χ2n) is 9.58. The molecule has 1 saturated carbocycles. The first kappa shape index (κ1) is 25.5. The van der Waals surface area contributed by atoms with Gasteiger partial charge in [-0.05, 0) is 84.5 Å². The summed E-state index contributed by atoms with van der Waals surface area (Å²) in [6.07, 6.45) is 4.81. The maximum Gasteiger partial charge on any atom is 0.338 e. The Kier molecular flexibility index (Phi) is 7.02.